The van der Waals surface area contributed by atoms with Gasteiger partial charge < -0.3 is 4.74 Å². The average molecular weight is 160 g/mol. The van der Waals surface area contributed by atoms with Crippen LogP contribution < -0.4 is 21.3 Å². The van der Waals surface area contributed by atoms with E-state index in [1.165, 1.54) is 0 Å². The summed E-state index contributed by atoms with van der Waals surface area (Å²) in [4.78, 5) is 0. The molecule has 4 N–H and O–H groups in total. The zero-order chi connectivity index (χ0) is 8.27. The van der Waals surface area contributed by atoms with Crippen molar-refractivity contribution >= 4 is 0 Å². The third-order valence-electron chi connectivity index (χ3n) is 1.66. The van der Waals surface area contributed by atoms with Gasteiger partial charge in [0.2, 0.25) is 0 Å². The molecule has 1 fully saturated rings. The Bertz CT molecular complexity index is 109. The Morgan fingerprint density at radius 3 is 2.55 bits per heavy atom. The van der Waals surface area contributed by atoms with E-state index in [1.807, 2.05) is 14.0 Å². The Hall–Kier alpha value is -0.200. The highest BCUT2D eigenvalue weighted by atomic mass is 16.5. The van der Waals surface area contributed by atoms with E-state index in [2.05, 4.69) is 21.3 Å². The molecule has 5 nitrogen and oxygen atoms in total. The van der Waals surface area contributed by atoms with Gasteiger partial charge in [-0.1, -0.05) is 0 Å². The van der Waals surface area contributed by atoms with Gasteiger partial charge in [-0.2, -0.15) is 0 Å². The molecule has 0 aromatic rings. The van der Waals surface area contributed by atoms with Crippen molar-refractivity contribution in [1.29, 1.82) is 0 Å². The Morgan fingerprint density at radius 1 is 1.27 bits per heavy atom. The third-order valence-corrected chi connectivity index (χ3v) is 1.66. The van der Waals surface area contributed by atoms with Crippen LogP contribution in [0.3, 0.4) is 0 Å². The first-order valence-electron chi connectivity index (χ1n) is 3.74. The maximum Gasteiger partial charge on any atom is 0.166 e. The van der Waals surface area contributed by atoms with Gasteiger partial charge >= 0.3 is 0 Å². The lowest BCUT2D eigenvalue weighted by Gasteiger charge is -2.35. The van der Waals surface area contributed by atoms with Gasteiger partial charge in [-0.3, -0.25) is 21.3 Å². The Kier molecular flexibility index (Phi) is 3.22. The molecule has 0 aromatic carbocycles. The van der Waals surface area contributed by atoms with Gasteiger partial charge in [0.05, 0.1) is 6.17 Å². The molecule has 0 saturated carbocycles. The standard InChI is InChI=1S/C6H16N4O/c1-4-8-5(7-2)10-6(9-4)11-3/h4-10H,1-3H3. The quantitative estimate of drug-likeness (QED) is 0.398. The predicted molar refractivity (Wildman–Crippen MR) is 42.5 cm³/mol. The number of hydrogen-bond donors (Lipinski definition) is 4. The SMILES string of the molecule is CNC1NC(C)NC(OC)N1. The van der Waals surface area contributed by atoms with Crippen molar-refractivity contribution in [2.45, 2.75) is 25.7 Å². The van der Waals surface area contributed by atoms with E-state index in [4.69, 9.17) is 4.74 Å². The number of nitrogens with one attached hydrogen (secondary N) is 4. The molecule has 1 rings (SSSR count). The van der Waals surface area contributed by atoms with Crippen LogP contribution in [0.25, 0.3) is 0 Å². The normalized spacial score (nSPS) is 39.0. The fourth-order valence-electron chi connectivity index (χ4n) is 1.08. The first kappa shape index (κ1) is 8.89. The predicted octanol–water partition coefficient (Wildman–Crippen LogP) is -1.45. The Balaban J connectivity index is 2.37. The van der Waals surface area contributed by atoms with Crippen molar-refractivity contribution in [3.05, 3.63) is 0 Å². The van der Waals surface area contributed by atoms with Crippen molar-refractivity contribution in [3.8, 4) is 0 Å². The van der Waals surface area contributed by atoms with E-state index >= 15 is 0 Å². The van der Waals surface area contributed by atoms with E-state index in [1.54, 1.807) is 7.11 Å². The molecule has 0 bridgehead atoms. The van der Waals surface area contributed by atoms with E-state index in [9.17, 15) is 0 Å². The number of ether oxygens (including phenoxy) is 1. The molecule has 0 amide bonds. The molecule has 1 saturated heterocycles. The van der Waals surface area contributed by atoms with Crippen LogP contribution in [0.1, 0.15) is 6.92 Å². The molecule has 5 heteroatoms. The average Bonchev–Trinajstić information content (AvgIpc) is 2.03. The minimum Gasteiger partial charge on any atom is -0.353 e. The van der Waals surface area contributed by atoms with Crippen molar-refractivity contribution in [3.63, 3.8) is 0 Å². The van der Waals surface area contributed by atoms with E-state index in [0.29, 0.717) is 0 Å². The minimum atomic E-state index is -0.0799. The Labute approximate surface area is 66.9 Å². The first-order chi connectivity index (χ1) is 5.26. The zero-order valence-corrected chi connectivity index (χ0v) is 7.14. The summed E-state index contributed by atoms with van der Waals surface area (Å²) in [5.41, 5.74) is 0. The third kappa shape index (κ3) is 2.39. The first-order valence-corrected chi connectivity index (χ1v) is 3.74. The van der Waals surface area contributed by atoms with Crippen LogP contribution in [0.5, 0.6) is 0 Å². The Morgan fingerprint density at radius 2 is 2.00 bits per heavy atom. The lowest BCUT2D eigenvalue weighted by Crippen LogP contribution is -2.70. The molecular weight excluding hydrogens is 144 g/mol. The lowest BCUT2D eigenvalue weighted by atomic mass is 10.5. The lowest BCUT2D eigenvalue weighted by molar-refractivity contribution is -0.0110. The molecule has 1 aliphatic heterocycles. The van der Waals surface area contributed by atoms with Crippen LogP contribution >= 0.6 is 0 Å². The van der Waals surface area contributed by atoms with Gasteiger partial charge in [0, 0.05) is 7.11 Å². The van der Waals surface area contributed by atoms with Crippen LogP contribution in [0.4, 0.5) is 0 Å². The van der Waals surface area contributed by atoms with E-state index in [-0.39, 0.29) is 18.8 Å². The maximum absolute atomic E-state index is 5.09. The topological polar surface area (TPSA) is 57.3 Å². The minimum absolute atomic E-state index is 0.0799. The highest BCUT2D eigenvalue weighted by Gasteiger charge is 2.21. The van der Waals surface area contributed by atoms with Crippen LogP contribution in [-0.2, 0) is 4.74 Å². The number of hydrogen-bond acceptors (Lipinski definition) is 5. The molecule has 0 radical (unpaired) electrons. The molecule has 11 heavy (non-hydrogen) atoms. The largest absolute Gasteiger partial charge is 0.353 e. The van der Waals surface area contributed by atoms with Crippen LogP contribution in [0.15, 0.2) is 0 Å². The van der Waals surface area contributed by atoms with Gasteiger partial charge in [-0.05, 0) is 14.0 Å². The molecule has 3 unspecified atom stereocenters. The second-order valence-electron chi connectivity index (χ2n) is 2.56. The molecule has 1 heterocycles. The smallest absolute Gasteiger partial charge is 0.166 e. The summed E-state index contributed by atoms with van der Waals surface area (Å²) in [5.74, 6) is 0. The summed E-state index contributed by atoms with van der Waals surface area (Å²) in [7, 11) is 3.55. The van der Waals surface area contributed by atoms with Gasteiger partial charge in [0.25, 0.3) is 0 Å². The van der Waals surface area contributed by atoms with Crippen LogP contribution in [0, 0.1) is 0 Å². The second kappa shape index (κ2) is 3.99. The molecule has 3 atom stereocenters. The zero-order valence-electron chi connectivity index (χ0n) is 7.14. The second-order valence-corrected chi connectivity index (χ2v) is 2.56. The monoisotopic (exact) mass is 160 g/mol. The molecule has 1 aliphatic rings. The van der Waals surface area contributed by atoms with E-state index in [0.717, 1.165) is 0 Å². The molecule has 0 aliphatic carbocycles. The van der Waals surface area contributed by atoms with Crippen LogP contribution in [0.2, 0.25) is 0 Å². The fourth-order valence-corrected chi connectivity index (χ4v) is 1.08. The summed E-state index contributed by atoms with van der Waals surface area (Å²) in [5, 5.41) is 12.5. The van der Waals surface area contributed by atoms with Crippen molar-refractivity contribution in [1.82, 2.24) is 21.3 Å². The summed E-state index contributed by atoms with van der Waals surface area (Å²) in [6.07, 6.45) is 0.276. The summed E-state index contributed by atoms with van der Waals surface area (Å²) in [6.45, 7) is 2.04. The highest BCUT2D eigenvalue weighted by molar-refractivity contribution is 4.73. The number of rotatable bonds is 2. The fraction of sp³-hybridized carbons (Fsp3) is 1.00. The highest BCUT2D eigenvalue weighted by Crippen LogP contribution is 1.91. The van der Waals surface area contributed by atoms with Gasteiger partial charge in [-0.25, -0.2) is 0 Å². The van der Waals surface area contributed by atoms with Crippen LogP contribution in [-0.4, -0.2) is 33.0 Å². The van der Waals surface area contributed by atoms with Crippen molar-refractivity contribution < 1.29 is 4.74 Å². The van der Waals surface area contributed by atoms with E-state index < -0.39 is 0 Å². The number of methoxy groups -OCH3 is 1. The van der Waals surface area contributed by atoms with Crippen molar-refractivity contribution in [2.24, 2.45) is 0 Å². The van der Waals surface area contributed by atoms with Gasteiger partial charge in [0.1, 0.15) is 6.29 Å². The summed E-state index contributed by atoms with van der Waals surface area (Å²) < 4.78 is 5.09. The molecule has 66 valence electrons. The molecular formula is C6H16N4O. The van der Waals surface area contributed by atoms with Crippen molar-refractivity contribution in [2.75, 3.05) is 14.2 Å². The molecule has 0 aromatic heterocycles. The van der Waals surface area contributed by atoms with Gasteiger partial charge in [-0.15, -0.1) is 0 Å². The maximum atomic E-state index is 5.09. The summed E-state index contributed by atoms with van der Waals surface area (Å²) >= 11 is 0. The van der Waals surface area contributed by atoms with Gasteiger partial charge in [0.15, 0.2) is 6.35 Å². The molecule has 0 spiro atoms. The summed E-state index contributed by atoms with van der Waals surface area (Å²) in [6, 6.07) is 0.